The van der Waals surface area contributed by atoms with Gasteiger partial charge in [0, 0.05) is 37.1 Å². The van der Waals surface area contributed by atoms with Crippen LogP contribution in [0.25, 0.3) is 11.3 Å². The highest BCUT2D eigenvalue weighted by Gasteiger charge is 2.02. The van der Waals surface area contributed by atoms with Gasteiger partial charge in [0.25, 0.3) is 0 Å². The Hall–Kier alpha value is -2.23. The molecule has 0 aromatic carbocycles. The third kappa shape index (κ3) is 3.13. The lowest BCUT2D eigenvalue weighted by molar-refractivity contribution is -0.120. The van der Waals surface area contributed by atoms with E-state index in [-0.39, 0.29) is 5.91 Å². The molecule has 2 heterocycles. The van der Waals surface area contributed by atoms with E-state index in [1.165, 1.54) is 0 Å². The zero-order valence-electron chi connectivity index (χ0n) is 10.3. The minimum Gasteiger partial charge on any atom is -0.352 e. The molecule has 0 saturated heterocycles. The largest absolute Gasteiger partial charge is 0.352 e. The van der Waals surface area contributed by atoms with Crippen LogP contribution in [0.5, 0.6) is 0 Å². The lowest BCUT2D eigenvalue weighted by Crippen LogP contribution is -2.21. The van der Waals surface area contributed by atoms with Crippen LogP contribution >= 0.6 is 0 Å². The highest BCUT2D eigenvalue weighted by molar-refractivity contribution is 5.75. The molecule has 0 fully saturated rings. The molecule has 0 unspecified atom stereocenters. The van der Waals surface area contributed by atoms with Gasteiger partial charge in [0.2, 0.25) is 5.91 Å². The summed E-state index contributed by atoms with van der Waals surface area (Å²) in [5.74, 6) is 0.0530. The summed E-state index contributed by atoms with van der Waals surface area (Å²) in [6.45, 7) is 2.37. The first-order valence-electron chi connectivity index (χ1n) is 5.91. The summed E-state index contributed by atoms with van der Waals surface area (Å²) in [7, 11) is 0. The summed E-state index contributed by atoms with van der Waals surface area (Å²) < 4.78 is 0. The van der Waals surface area contributed by atoms with Crippen molar-refractivity contribution in [3.05, 3.63) is 48.4 Å². The Bertz CT molecular complexity index is 526. The number of nitrogens with one attached hydrogen (secondary N) is 1. The number of aromatic nitrogens is 2. The van der Waals surface area contributed by atoms with Crippen molar-refractivity contribution in [3.8, 4) is 11.3 Å². The Kier molecular flexibility index (Phi) is 4.02. The molecular formula is C14H15N3O. The van der Waals surface area contributed by atoms with Crippen LogP contribution in [-0.4, -0.2) is 15.9 Å². The Balaban J connectivity index is 2.13. The zero-order valence-corrected chi connectivity index (χ0v) is 10.3. The molecule has 0 bridgehead atoms. The maximum absolute atomic E-state index is 11.2. The van der Waals surface area contributed by atoms with Crippen molar-refractivity contribution in [1.29, 1.82) is 0 Å². The molecule has 0 aliphatic rings. The van der Waals surface area contributed by atoms with E-state index < -0.39 is 0 Å². The van der Waals surface area contributed by atoms with Crippen LogP contribution in [-0.2, 0) is 11.3 Å². The molecule has 0 spiro atoms. The highest BCUT2D eigenvalue weighted by Crippen LogP contribution is 2.16. The van der Waals surface area contributed by atoms with Crippen LogP contribution in [0.3, 0.4) is 0 Å². The average Bonchev–Trinajstić information content (AvgIpc) is 2.46. The zero-order chi connectivity index (χ0) is 12.8. The minimum absolute atomic E-state index is 0.0530. The van der Waals surface area contributed by atoms with Crippen LogP contribution in [0.15, 0.2) is 42.9 Å². The fourth-order valence-corrected chi connectivity index (χ4v) is 1.59. The van der Waals surface area contributed by atoms with E-state index in [0.29, 0.717) is 13.0 Å². The highest BCUT2D eigenvalue weighted by atomic mass is 16.1. The fourth-order valence-electron chi connectivity index (χ4n) is 1.59. The number of pyridine rings is 2. The van der Waals surface area contributed by atoms with Crippen LogP contribution in [0, 0.1) is 0 Å². The first-order chi connectivity index (χ1) is 8.79. The van der Waals surface area contributed by atoms with Crippen LogP contribution in [0.2, 0.25) is 0 Å². The summed E-state index contributed by atoms with van der Waals surface area (Å²) in [5.41, 5.74) is 2.95. The lowest BCUT2D eigenvalue weighted by Gasteiger charge is -2.06. The summed E-state index contributed by atoms with van der Waals surface area (Å²) in [6.07, 6.45) is 5.73. The number of hydrogen-bond acceptors (Lipinski definition) is 3. The van der Waals surface area contributed by atoms with Crippen molar-refractivity contribution >= 4 is 5.91 Å². The van der Waals surface area contributed by atoms with E-state index in [1.807, 2.05) is 31.2 Å². The molecule has 4 heteroatoms. The molecule has 1 N–H and O–H groups in total. The molecule has 2 aromatic rings. The maximum atomic E-state index is 11.2. The van der Waals surface area contributed by atoms with E-state index in [0.717, 1.165) is 16.8 Å². The molecule has 92 valence electrons. The predicted molar refractivity (Wildman–Crippen MR) is 69.6 cm³/mol. The Morgan fingerprint density at radius 1 is 1.22 bits per heavy atom. The van der Waals surface area contributed by atoms with Gasteiger partial charge in [-0.05, 0) is 29.8 Å². The topological polar surface area (TPSA) is 54.9 Å². The van der Waals surface area contributed by atoms with Gasteiger partial charge in [-0.3, -0.25) is 14.8 Å². The number of amides is 1. The van der Waals surface area contributed by atoms with E-state index >= 15 is 0 Å². The van der Waals surface area contributed by atoms with Crippen molar-refractivity contribution in [2.24, 2.45) is 0 Å². The number of nitrogens with zero attached hydrogens (tertiary/aromatic N) is 2. The number of rotatable bonds is 4. The lowest BCUT2D eigenvalue weighted by atomic mass is 10.1. The second-order valence-electron chi connectivity index (χ2n) is 3.92. The molecule has 18 heavy (non-hydrogen) atoms. The minimum atomic E-state index is 0.0530. The Labute approximate surface area is 106 Å². The Morgan fingerprint density at radius 3 is 2.72 bits per heavy atom. The molecular weight excluding hydrogens is 226 g/mol. The van der Waals surface area contributed by atoms with Gasteiger partial charge in [-0.2, -0.15) is 0 Å². The van der Waals surface area contributed by atoms with E-state index in [4.69, 9.17) is 0 Å². The van der Waals surface area contributed by atoms with Gasteiger partial charge >= 0.3 is 0 Å². The third-order valence-corrected chi connectivity index (χ3v) is 2.61. The Morgan fingerprint density at radius 2 is 2.00 bits per heavy atom. The van der Waals surface area contributed by atoms with Gasteiger partial charge in [0.1, 0.15) is 0 Å². The summed E-state index contributed by atoms with van der Waals surface area (Å²) in [5, 5.41) is 2.85. The maximum Gasteiger partial charge on any atom is 0.219 e. The van der Waals surface area contributed by atoms with Crippen LogP contribution in [0.1, 0.15) is 18.9 Å². The van der Waals surface area contributed by atoms with Crippen molar-refractivity contribution in [2.75, 3.05) is 0 Å². The van der Waals surface area contributed by atoms with E-state index in [1.54, 1.807) is 18.6 Å². The van der Waals surface area contributed by atoms with Crippen LogP contribution in [0.4, 0.5) is 0 Å². The monoisotopic (exact) mass is 241 g/mol. The molecule has 0 aliphatic carbocycles. The summed E-state index contributed by atoms with van der Waals surface area (Å²) in [6, 6.07) is 7.71. The molecule has 2 aromatic heterocycles. The quantitative estimate of drug-likeness (QED) is 0.892. The van der Waals surface area contributed by atoms with Crippen molar-refractivity contribution in [3.63, 3.8) is 0 Å². The molecule has 0 aliphatic heterocycles. The van der Waals surface area contributed by atoms with Gasteiger partial charge in [-0.1, -0.05) is 6.92 Å². The van der Waals surface area contributed by atoms with Crippen molar-refractivity contribution < 1.29 is 4.79 Å². The van der Waals surface area contributed by atoms with E-state index in [9.17, 15) is 4.79 Å². The number of carbonyl (C=O) groups excluding carboxylic acids is 1. The molecule has 0 atom stereocenters. The predicted octanol–water partition coefficient (Wildman–Crippen LogP) is 2.17. The molecule has 4 nitrogen and oxygen atoms in total. The van der Waals surface area contributed by atoms with Crippen molar-refractivity contribution in [2.45, 2.75) is 19.9 Å². The average molecular weight is 241 g/mol. The number of carbonyl (C=O) groups is 1. The SMILES string of the molecule is CCC(=O)NCc1ccnc(-c2ccncc2)c1. The second kappa shape index (κ2) is 5.91. The second-order valence-corrected chi connectivity index (χ2v) is 3.92. The van der Waals surface area contributed by atoms with Gasteiger partial charge in [-0.25, -0.2) is 0 Å². The van der Waals surface area contributed by atoms with E-state index in [2.05, 4.69) is 15.3 Å². The van der Waals surface area contributed by atoms with Gasteiger partial charge in [0.05, 0.1) is 5.69 Å². The van der Waals surface area contributed by atoms with Crippen LogP contribution < -0.4 is 5.32 Å². The molecule has 2 rings (SSSR count). The number of hydrogen-bond donors (Lipinski definition) is 1. The first kappa shape index (κ1) is 12.2. The fraction of sp³-hybridized carbons (Fsp3) is 0.214. The first-order valence-corrected chi connectivity index (χ1v) is 5.91. The molecule has 1 amide bonds. The normalized spacial score (nSPS) is 10.1. The third-order valence-electron chi connectivity index (χ3n) is 2.61. The molecule has 0 saturated carbocycles. The molecule has 0 radical (unpaired) electrons. The summed E-state index contributed by atoms with van der Waals surface area (Å²) >= 11 is 0. The van der Waals surface area contributed by atoms with Crippen molar-refractivity contribution in [1.82, 2.24) is 15.3 Å². The smallest absolute Gasteiger partial charge is 0.219 e. The van der Waals surface area contributed by atoms with Gasteiger partial charge < -0.3 is 5.32 Å². The summed E-state index contributed by atoms with van der Waals surface area (Å²) in [4.78, 5) is 19.5. The van der Waals surface area contributed by atoms with Gasteiger partial charge in [-0.15, -0.1) is 0 Å². The standard InChI is InChI=1S/C14H15N3O/c1-2-14(18)17-10-11-3-8-16-13(9-11)12-4-6-15-7-5-12/h3-9H,2,10H2,1H3,(H,17,18). The van der Waals surface area contributed by atoms with Gasteiger partial charge in [0.15, 0.2) is 0 Å².